The van der Waals surface area contributed by atoms with E-state index in [0.29, 0.717) is 50.7 Å². The first-order valence-electron chi connectivity index (χ1n) is 15.9. The van der Waals surface area contributed by atoms with Gasteiger partial charge < -0.3 is 33.6 Å². The van der Waals surface area contributed by atoms with Crippen LogP contribution in [0.4, 0.5) is 15.4 Å². The predicted octanol–water partition coefficient (Wildman–Crippen LogP) is 3.61. The van der Waals surface area contributed by atoms with Crippen molar-refractivity contribution in [1.29, 1.82) is 5.26 Å². The van der Waals surface area contributed by atoms with Gasteiger partial charge in [-0.1, -0.05) is 30.3 Å². The first kappa shape index (κ1) is 33.2. The number of fused-ring (bicyclic) bond motifs is 1. The highest BCUT2D eigenvalue weighted by molar-refractivity contribution is 5.70. The van der Waals surface area contributed by atoms with Crippen LogP contribution in [0.5, 0.6) is 6.01 Å². The number of benzene rings is 1. The van der Waals surface area contributed by atoms with E-state index in [-0.39, 0.29) is 43.8 Å². The minimum Gasteiger partial charge on any atom is -0.462 e. The van der Waals surface area contributed by atoms with Crippen LogP contribution in [-0.2, 0) is 33.8 Å². The number of hydrogen-bond donors (Lipinski definition) is 0. The Hall–Kier alpha value is -4.15. The predicted molar refractivity (Wildman–Crippen MR) is 169 cm³/mol. The zero-order valence-electron chi connectivity index (χ0n) is 27.5. The number of ether oxygens (including phenoxy) is 4. The number of rotatable bonds is 8. The van der Waals surface area contributed by atoms with Crippen molar-refractivity contribution in [3.63, 3.8) is 0 Å². The van der Waals surface area contributed by atoms with E-state index in [1.807, 2.05) is 58.2 Å². The van der Waals surface area contributed by atoms with Crippen LogP contribution in [0.2, 0.25) is 0 Å². The van der Waals surface area contributed by atoms with Gasteiger partial charge in [-0.3, -0.25) is 4.90 Å². The first-order valence-corrected chi connectivity index (χ1v) is 15.9. The second-order valence-corrected chi connectivity index (χ2v) is 13.1. The fourth-order valence-electron chi connectivity index (χ4n) is 6.13. The van der Waals surface area contributed by atoms with Gasteiger partial charge in [-0.05, 0) is 46.2 Å². The summed E-state index contributed by atoms with van der Waals surface area (Å²) in [6.45, 7) is 8.85. The molecule has 3 aliphatic rings. The minimum atomic E-state index is -0.645. The van der Waals surface area contributed by atoms with Gasteiger partial charge in [-0.2, -0.15) is 15.2 Å². The van der Waals surface area contributed by atoms with Crippen LogP contribution < -0.4 is 9.64 Å². The SMILES string of the molecule is CO[C@@H]1C[C@@H](COc2nc3c(c(N4CCN(C(=O)OC(C)(C)C)[C@@H](CC#N)C4)n2)CCN(C(=O)OCc2ccccc2)C3)N(C)C1. The van der Waals surface area contributed by atoms with Crippen molar-refractivity contribution in [2.75, 3.05) is 58.4 Å². The Labute approximate surface area is 271 Å². The first-order chi connectivity index (χ1) is 22.0. The maximum absolute atomic E-state index is 13.1. The van der Waals surface area contributed by atoms with E-state index < -0.39 is 17.8 Å². The Morgan fingerprint density at radius 3 is 2.52 bits per heavy atom. The molecule has 0 saturated carbocycles. The smallest absolute Gasteiger partial charge is 0.410 e. The third-order valence-electron chi connectivity index (χ3n) is 8.61. The number of nitrogens with zero attached hydrogens (tertiary/aromatic N) is 7. The van der Waals surface area contributed by atoms with Crippen molar-refractivity contribution in [2.45, 2.75) is 77.0 Å². The number of methoxy groups -OCH3 is 1. The van der Waals surface area contributed by atoms with Gasteiger partial charge in [0.1, 0.15) is 24.6 Å². The van der Waals surface area contributed by atoms with Crippen molar-refractivity contribution in [1.82, 2.24) is 24.7 Å². The van der Waals surface area contributed by atoms with E-state index in [1.54, 1.807) is 16.9 Å². The largest absolute Gasteiger partial charge is 0.462 e. The van der Waals surface area contributed by atoms with Gasteiger partial charge in [0, 0.05) is 51.4 Å². The molecule has 2 amide bonds. The van der Waals surface area contributed by atoms with E-state index in [9.17, 15) is 14.9 Å². The number of aromatic nitrogens is 2. The molecule has 2 saturated heterocycles. The van der Waals surface area contributed by atoms with Crippen molar-refractivity contribution < 1.29 is 28.5 Å². The molecule has 0 unspecified atom stereocenters. The summed E-state index contributed by atoms with van der Waals surface area (Å²) in [5.41, 5.74) is 1.90. The molecule has 46 heavy (non-hydrogen) atoms. The van der Waals surface area contributed by atoms with Gasteiger partial charge in [-0.15, -0.1) is 0 Å². The van der Waals surface area contributed by atoms with Crippen LogP contribution in [0.3, 0.4) is 0 Å². The highest BCUT2D eigenvalue weighted by Crippen LogP contribution is 2.31. The molecule has 2 aromatic rings. The minimum absolute atomic E-state index is 0.146. The number of hydrogen-bond acceptors (Lipinski definition) is 11. The lowest BCUT2D eigenvalue weighted by atomic mass is 10.0. The van der Waals surface area contributed by atoms with Gasteiger partial charge in [0.15, 0.2) is 0 Å². The summed E-state index contributed by atoms with van der Waals surface area (Å²) in [6, 6.07) is 11.8. The Morgan fingerprint density at radius 2 is 1.83 bits per heavy atom. The lowest BCUT2D eigenvalue weighted by Gasteiger charge is -2.42. The third-order valence-corrected chi connectivity index (χ3v) is 8.61. The zero-order valence-corrected chi connectivity index (χ0v) is 27.5. The van der Waals surface area contributed by atoms with E-state index in [4.69, 9.17) is 28.9 Å². The topological polar surface area (TPSA) is 134 Å². The second-order valence-electron chi connectivity index (χ2n) is 13.1. The number of likely N-dealkylation sites (N-methyl/N-ethyl adjacent to an activating group) is 1. The molecular weight excluding hydrogens is 590 g/mol. The number of piperazine rings is 1. The second kappa shape index (κ2) is 14.5. The molecule has 4 heterocycles. The van der Waals surface area contributed by atoms with Crippen molar-refractivity contribution >= 4 is 18.0 Å². The van der Waals surface area contributed by atoms with Gasteiger partial charge in [0.25, 0.3) is 0 Å². The molecule has 0 radical (unpaired) electrons. The normalized spacial score (nSPS) is 21.8. The summed E-state index contributed by atoms with van der Waals surface area (Å²) in [5, 5.41) is 9.62. The van der Waals surface area contributed by atoms with Crippen molar-refractivity contribution in [3.8, 4) is 12.1 Å². The van der Waals surface area contributed by atoms with Crippen LogP contribution >= 0.6 is 0 Å². The number of carbonyl (C=O) groups excluding carboxylic acids is 2. The van der Waals surface area contributed by atoms with Gasteiger partial charge in [-0.25, -0.2) is 9.59 Å². The van der Waals surface area contributed by atoms with Crippen LogP contribution in [-0.4, -0.2) is 114 Å². The fourth-order valence-corrected chi connectivity index (χ4v) is 6.13. The highest BCUT2D eigenvalue weighted by Gasteiger charge is 2.37. The summed E-state index contributed by atoms with van der Waals surface area (Å²) in [7, 11) is 3.77. The Morgan fingerprint density at radius 1 is 1.04 bits per heavy atom. The Balaban J connectivity index is 1.36. The molecular formula is C33H45N7O6. The molecule has 248 valence electrons. The molecule has 0 aliphatic carbocycles. The summed E-state index contributed by atoms with van der Waals surface area (Å²) in [4.78, 5) is 43.4. The van der Waals surface area contributed by atoms with Crippen molar-refractivity contribution in [3.05, 3.63) is 47.2 Å². The van der Waals surface area contributed by atoms with E-state index in [1.165, 1.54) is 0 Å². The van der Waals surface area contributed by atoms with E-state index >= 15 is 0 Å². The fraction of sp³-hybridized carbons (Fsp3) is 0.606. The highest BCUT2D eigenvalue weighted by atomic mass is 16.6. The molecule has 0 bridgehead atoms. The Kier molecular flexibility index (Phi) is 10.5. The van der Waals surface area contributed by atoms with E-state index in [0.717, 1.165) is 24.1 Å². The van der Waals surface area contributed by atoms with Crippen LogP contribution in [0, 0.1) is 11.3 Å². The molecule has 0 N–H and O–H groups in total. The lowest BCUT2D eigenvalue weighted by molar-refractivity contribution is 0.0144. The number of carbonyl (C=O) groups is 2. The number of nitriles is 1. The van der Waals surface area contributed by atoms with Crippen LogP contribution in [0.1, 0.15) is 50.4 Å². The maximum atomic E-state index is 13.1. The molecule has 1 aromatic carbocycles. The summed E-state index contributed by atoms with van der Waals surface area (Å²) in [6.07, 6.45) is 0.835. The molecule has 5 rings (SSSR count). The summed E-state index contributed by atoms with van der Waals surface area (Å²) < 4.78 is 23.0. The lowest BCUT2D eigenvalue weighted by Crippen LogP contribution is -2.56. The molecule has 3 atom stereocenters. The van der Waals surface area contributed by atoms with Crippen LogP contribution in [0.15, 0.2) is 30.3 Å². The van der Waals surface area contributed by atoms with Crippen molar-refractivity contribution in [2.24, 2.45) is 0 Å². The monoisotopic (exact) mass is 635 g/mol. The van der Waals surface area contributed by atoms with E-state index in [2.05, 4.69) is 15.9 Å². The third kappa shape index (κ3) is 8.16. The summed E-state index contributed by atoms with van der Waals surface area (Å²) >= 11 is 0. The van der Waals surface area contributed by atoms with Gasteiger partial charge in [0.05, 0.1) is 36.9 Å². The number of likely N-dealkylation sites (tertiary alicyclic amines) is 1. The average Bonchev–Trinajstić information content (AvgIpc) is 3.41. The molecule has 13 nitrogen and oxygen atoms in total. The quantitative estimate of drug-likeness (QED) is 0.421. The molecule has 13 heteroatoms. The molecule has 2 fully saturated rings. The molecule has 1 aromatic heterocycles. The summed E-state index contributed by atoms with van der Waals surface area (Å²) in [5.74, 6) is 0.707. The molecule has 0 spiro atoms. The average molecular weight is 636 g/mol. The van der Waals surface area contributed by atoms with Gasteiger partial charge in [0.2, 0.25) is 0 Å². The molecule has 3 aliphatic heterocycles. The Bertz CT molecular complexity index is 1410. The maximum Gasteiger partial charge on any atom is 0.410 e. The van der Waals surface area contributed by atoms with Crippen LogP contribution in [0.25, 0.3) is 0 Å². The zero-order chi connectivity index (χ0) is 32.8. The number of anilines is 1. The standard InChI is InChI=1S/C33H45N7O6/c1-33(2,3)46-32(42)40-16-15-38(18-24(40)11-13-34)29-27-12-14-39(31(41)45-21-23-9-7-6-8-10-23)20-28(27)35-30(36-29)44-22-25-17-26(43-5)19-37(25)4/h6-10,24-26H,11-12,14-22H2,1-5H3/t24-,25-,26+/m0/s1. The van der Waals surface area contributed by atoms with Gasteiger partial charge >= 0.3 is 18.2 Å². The number of amides is 2.